The molecule has 90 valence electrons. The average molecular weight is 243 g/mol. The number of aromatic nitrogens is 3. The van der Waals surface area contributed by atoms with E-state index in [0.717, 1.165) is 0 Å². The minimum atomic E-state index is -0.227. The Kier molecular flexibility index (Phi) is 4.35. The minimum Gasteiger partial charge on any atom is -0.298 e. The molecule has 0 saturated heterocycles. The summed E-state index contributed by atoms with van der Waals surface area (Å²) < 4.78 is 1.55. The van der Waals surface area contributed by atoms with Crippen LogP contribution >= 0.6 is 11.8 Å². The SMILES string of the molecule is CC(C)C(=O)CSc1n[nH]c(=O)n1C(C)C. The lowest BCUT2D eigenvalue weighted by Crippen LogP contribution is -2.20. The van der Waals surface area contributed by atoms with Crippen LogP contribution in [0, 0.1) is 5.92 Å². The lowest BCUT2D eigenvalue weighted by atomic mass is 10.1. The summed E-state index contributed by atoms with van der Waals surface area (Å²) in [6, 6.07) is 0.0444. The van der Waals surface area contributed by atoms with E-state index in [1.807, 2.05) is 27.7 Å². The highest BCUT2D eigenvalue weighted by Gasteiger charge is 2.14. The van der Waals surface area contributed by atoms with Crippen LogP contribution in [-0.4, -0.2) is 26.3 Å². The number of nitrogens with one attached hydrogen (secondary N) is 1. The van der Waals surface area contributed by atoms with E-state index < -0.39 is 0 Å². The van der Waals surface area contributed by atoms with E-state index in [1.165, 1.54) is 11.8 Å². The van der Waals surface area contributed by atoms with E-state index >= 15 is 0 Å². The summed E-state index contributed by atoms with van der Waals surface area (Å²) in [6.07, 6.45) is 0. The molecule has 1 N–H and O–H groups in total. The zero-order chi connectivity index (χ0) is 12.3. The molecule has 0 amide bonds. The molecule has 1 rings (SSSR count). The highest BCUT2D eigenvalue weighted by Crippen LogP contribution is 2.17. The van der Waals surface area contributed by atoms with E-state index in [0.29, 0.717) is 10.9 Å². The second kappa shape index (κ2) is 5.34. The van der Waals surface area contributed by atoms with E-state index in [9.17, 15) is 9.59 Å². The van der Waals surface area contributed by atoms with Gasteiger partial charge in [0.2, 0.25) is 0 Å². The molecule has 0 atom stereocenters. The van der Waals surface area contributed by atoms with Crippen molar-refractivity contribution in [3.63, 3.8) is 0 Å². The standard InChI is InChI=1S/C10H17N3O2S/c1-6(2)8(14)5-16-10-12-11-9(15)13(10)7(3)4/h6-7H,5H2,1-4H3,(H,11,15). The predicted molar refractivity (Wildman–Crippen MR) is 63.8 cm³/mol. The third-order valence-electron chi connectivity index (χ3n) is 2.18. The summed E-state index contributed by atoms with van der Waals surface area (Å²) in [6.45, 7) is 7.54. The fourth-order valence-electron chi connectivity index (χ4n) is 1.15. The molecule has 5 nitrogen and oxygen atoms in total. The molecule has 0 aliphatic carbocycles. The van der Waals surface area contributed by atoms with Crippen LogP contribution in [0.5, 0.6) is 0 Å². The molecule has 0 aliphatic heterocycles. The minimum absolute atomic E-state index is 0.0191. The van der Waals surface area contributed by atoms with E-state index in [1.54, 1.807) is 4.57 Å². The van der Waals surface area contributed by atoms with Crippen LogP contribution in [0.2, 0.25) is 0 Å². The Morgan fingerprint density at radius 2 is 2.06 bits per heavy atom. The fourth-order valence-corrected chi connectivity index (χ4v) is 2.30. The lowest BCUT2D eigenvalue weighted by molar-refractivity contribution is -0.119. The van der Waals surface area contributed by atoms with Gasteiger partial charge in [0.15, 0.2) is 5.16 Å². The van der Waals surface area contributed by atoms with Gasteiger partial charge in [-0.1, -0.05) is 25.6 Å². The van der Waals surface area contributed by atoms with Crippen molar-refractivity contribution in [2.75, 3.05) is 5.75 Å². The number of H-pyrrole nitrogens is 1. The van der Waals surface area contributed by atoms with Crippen molar-refractivity contribution < 1.29 is 4.79 Å². The first-order valence-corrected chi connectivity index (χ1v) is 6.24. The topological polar surface area (TPSA) is 67.8 Å². The van der Waals surface area contributed by atoms with Gasteiger partial charge in [0.25, 0.3) is 0 Å². The van der Waals surface area contributed by atoms with Gasteiger partial charge in [0.05, 0.1) is 5.75 Å². The molecule has 0 fully saturated rings. The van der Waals surface area contributed by atoms with Crippen molar-refractivity contribution in [2.45, 2.75) is 38.9 Å². The quantitative estimate of drug-likeness (QED) is 0.795. The van der Waals surface area contributed by atoms with Gasteiger partial charge in [-0.15, -0.1) is 5.10 Å². The number of thioether (sulfide) groups is 1. The largest absolute Gasteiger partial charge is 0.344 e. The van der Waals surface area contributed by atoms with Gasteiger partial charge in [-0.05, 0) is 13.8 Å². The van der Waals surface area contributed by atoms with Gasteiger partial charge >= 0.3 is 5.69 Å². The molecule has 0 radical (unpaired) electrons. The number of carbonyl (C=O) groups is 1. The molecule has 0 aliphatic rings. The van der Waals surface area contributed by atoms with Crippen LogP contribution < -0.4 is 5.69 Å². The van der Waals surface area contributed by atoms with Crippen molar-refractivity contribution in [3.8, 4) is 0 Å². The van der Waals surface area contributed by atoms with Gasteiger partial charge in [-0.3, -0.25) is 9.36 Å². The Bertz CT molecular complexity index is 420. The molecule has 0 unspecified atom stereocenters. The average Bonchev–Trinajstić information content (AvgIpc) is 2.55. The second-order valence-electron chi connectivity index (χ2n) is 4.18. The summed E-state index contributed by atoms with van der Waals surface area (Å²) in [4.78, 5) is 22.9. The number of carbonyl (C=O) groups excluding carboxylic acids is 1. The number of Topliss-reactive ketones (excluding diaryl/α,β-unsaturated/α-hetero) is 1. The zero-order valence-electron chi connectivity index (χ0n) is 9.98. The molecule has 0 saturated carbocycles. The molecule has 1 heterocycles. The summed E-state index contributed by atoms with van der Waals surface area (Å²) in [5.41, 5.74) is -0.227. The molecule has 0 spiro atoms. The van der Waals surface area contributed by atoms with Crippen LogP contribution in [-0.2, 0) is 4.79 Å². The summed E-state index contributed by atoms with van der Waals surface area (Å²) >= 11 is 1.30. The maximum Gasteiger partial charge on any atom is 0.344 e. The number of hydrogen-bond acceptors (Lipinski definition) is 4. The second-order valence-corrected chi connectivity index (χ2v) is 5.13. The van der Waals surface area contributed by atoms with Crippen molar-refractivity contribution in [1.29, 1.82) is 0 Å². The predicted octanol–water partition coefficient (Wildman–Crippen LogP) is 1.47. The van der Waals surface area contributed by atoms with E-state index in [2.05, 4.69) is 10.2 Å². The van der Waals surface area contributed by atoms with Crippen LogP contribution in [0.1, 0.15) is 33.7 Å². The van der Waals surface area contributed by atoms with Crippen LogP contribution in [0.25, 0.3) is 0 Å². The summed E-state index contributed by atoms with van der Waals surface area (Å²) in [7, 11) is 0. The summed E-state index contributed by atoms with van der Waals surface area (Å²) in [5, 5.41) is 6.88. The molecule has 0 aromatic carbocycles. The maximum absolute atomic E-state index is 11.5. The Morgan fingerprint density at radius 1 is 1.44 bits per heavy atom. The number of nitrogens with zero attached hydrogens (tertiary/aromatic N) is 2. The van der Waals surface area contributed by atoms with Crippen LogP contribution in [0.15, 0.2) is 9.95 Å². The third-order valence-corrected chi connectivity index (χ3v) is 3.15. The van der Waals surface area contributed by atoms with Crippen molar-refractivity contribution in [3.05, 3.63) is 10.5 Å². The highest BCUT2D eigenvalue weighted by molar-refractivity contribution is 7.99. The lowest BCUT2D eigenvalue weighted by Gasteiger charge is -2.08. The van der Waals surface area contributed by atoms with Crippen LogP contribution in [0.4, 0.5) is 0 Å². The molecular formula is C10H17N3O2S. The molecular weight excluding hydrogens is 226 g/mol. The normalized spacial score (nSPS) is 11.4. The van der Waals surface area contributed by atoms with Gasteiger partial charge in [-0.25, -0.2) is 9.89 Å². The van der Waals surface area contributed by atoms with E-state index in [-0.39, 0.29) is 23.4 Å². The number of rotatable bonds is 5. The molecule has 1 aromatic rings. The van der Waals surface area contributed by atoms with Crippen molar-refractivity contribution >= 4 is 17.5 Å². The van der Waals surface area contributed by atoms with Crippen molar-refractivity contribution in [2.24, 2.45) is 5.92 Å². The van der Waals surface area contributed by atoms with Crippen molar-refractivity contribution in [1.82, 2.24) is 14.8 Å². The number of hydrogen-bond donors (Lipinski definition) is 1. The highest BCUT2D eigenvalue weighted by atomic mass is 32.2. The van der Waals surface area contributed by atoms with Gasteiger partial charge in [0.1, 0.15) is 5.78 Å². The number of aromatic amines is 1. The maximum atomic E-state index is 11.5. The smallest absolute Gasteiger partial charge is 0.298 e. The Morgan fingerprint density at radius 3 is 2.56 bits per heavy atom. The third kappa shape index (κ3) is 2.98. The zero-order valence-corrected chi connectivity index (χ0v) is 10.8. The van der Waals surface area contributed by atoms with Gasteiger partial charge in [0, 0.05) is 12.0 Å². The fraction of sp³-hybridized carbons (Fsp3) is 0.700. The Labute approximate surface area is 98.6 Å². The first-order chi connectivity index (χ1) is 7.43. The Hall–Kier alpha value is -1.04. The number of ketones is 1. The first kappa shape index (κ1) is 13.0. The Balaban J connectivity index is 2.75. The molecule has 16 heavy (non-hydrogen) atoms. The molecule has 1 aromatic heterocycles. The first-order valence-electron chi connectivity index (χ1n) is 5.26. The van der Waals surface area contributed by atoms with Gasteiger partial charge in [-0.2, -0.15) is 0 Å². The van der Waals surface area contributed by atoms with Crippen LogP contribution in [0.3, 0.4) is 0 Å². The monoisotopic (exact) mass is 243 g/mol. The molecule has 6 heteroatoms. The van der Waals surface area contributed by atoms with E-state index in [4.69, 9.17) is 0 Å². The molecule has 0 bridgehead atoms. The summed E-state index contributed by atoms with van der Waals surface area (Å²) in [5.74, 6) is 0.538. The van der Waals surface area contributed by atoms with Gasteiger partial charge < -0.3 is 0 Å².